The van der Waals surface area contributed by atoms with Gasteiger partial charge in [0, 0.05) is 19.1 Å². The van der Waals surface area contributed by atoms with Gasteiger partial charge in [-0.05, 0) is 38.9 Å². The Labute approximate surface area is 75.5 Å². The van der Waals surface area contributed by atoms with Gasteiger partial charge in [-0.15, -0.1) is 0 Å². The Balaban J connectivity index is 1.85. The van der Waals surface area contributed by atoms with E-state index in [9.17, 15) is 0 Å². The monoisotopic (exact) mass is 168 g/mol. The van der Waals surface area contributed by atoms with Crippen LogP contribution in [0.1, 0.15) is 19.8 Å². The summed E-state index contributed by atoms with van der Waals surface area (Å²) in [6.07, 6.45) is 2.81. The van der Waals surface area contributed by atoms with E-state index < -0.39 is 0 Å². The first kappa shape index (κ1) is 8.52. The molecule has 2 atom stereocenters. The number of nitrogens with zero attached hydrogens (tertiary/aromatic N) is 2. The first-order chi connectivity index (χ1) is 5.75. The van der Waals surface area contributed by atoms with Crippen LogP contribution in [0.15, 0.2) is 0 Å². The molecule has 2 aliphatic rings. The summed E-state index contributed by atoms with van der Waals surface area (Å²) in [6, 6.07) is 0.875. The molecule has 0 amide bonds. The molecule has 2 nitrogen and oxygen atoms in total. The fourth-order valence-corrected chi connectivity index (χ4v) is 2.51. The number of hydrogen-bond acceptors (Lipinski definition) is 2. The van der Waals surface area contributed by atoms with Gasteiger partial charge >= 0.3 is 0 Å². The van der Waals surface area contributed by atoms with Gasteiger partial charge in [0.2, 0.25) is 0 Å². The predicted octanol–water partition coefficient (Wildman–Crippen LogP) is 1.03. The molecule has 0 aliphatic carbocycles. The van der Waals surface area contributed by atoms with E-state index in [2.05, 4.69) is 23.8 Å². The number of rotatable bonds is 1. The van der Waals surface area contributed by atoms with E-state index in [1.165, 1.54) is 39.0 Å². The van der Waals surface area contributed by atoms with Crippen molar-refractivity contribution < 1.29 is 0 Å². The molecule has 2 fully saturated rings. The molecule has 2 aliphatic heterocycles. The van der Waals surface area contributed by atoms with Crippen LogP contribution in [0.5, 0.6) is 0 Å². The minimum absolute atomic E-state index is 0.875. The fourth-order valence-electron chi connectivity index (χ4n) is 2.51. The van der Waals surface area contributed by atoms with E-state index in [-0.39, 0.29) is 0 Å². The number of likely N-dealkylation sites (tertiary alicyclic amines) is 2. The zero-order chi connectivity index (χ0) is 8.55. The quantitative estimate of drug-likeness (QED) is 0.577. The maximum Gasteiger partial charge on any atom is 0.0235 e. The van der Waals surface area contributed by atoms with Crippen molar-refractivity contribution in [2.75, 3.05) is 33.2 Å². The van der Waals surface area contributed by atoms with Crippen LogP contribution in [0.2, 0.25) is 0 Å². The number of likely N-dealkylation sites (N-methyl/N-ethyl adjacent to an activating group) is 1. The maximum atomic E-state index is 2.69. The highest BCUT2D eigenvalue weighted by molar-refractivity contribution is 4.85. The SMILES string of the molecule is C[C@H]1CCN([C@H]2CCN(C)C2)C1. The third-order valence-corrected chi connectivity index (χ3v) is 3.34. The van der Waals surface area contributed by atoms with Crippen LogP contribution < -0.4 is 0 Å². The van der Waals surface area contributed by atoms with Crippen LogP contribution in [0, 0.1) is 5.92 Å². The van der Waals surface area contributed by atoms with Gasteiger partial charge in [0.25, 0.3) is 0 Å². The van der Waals surface area contributed by atoms with Crippen molar-refractivity contribution in [3.05, 3.63) is 0 Å². The highest BCUT2D eigenvalue weighted by Gasteiger charge is 2.29. The van der Waals surface area contributed by atoms with Crippen molar-refractivity contribution >= 4 is 0 Å². The third kappa shape index (κ3) is 1.64. The summed E-state index contributed by atoms with van der Waals surface area (Å²) >= 11 is 0. The molecule has 0 radical (unpaired) electrons. The Kier molecular flexibility index (Phi) is 2.37. The fraction of sp³-hybridized carbons (Fsp3) is 1.00. The Hall–Kier alpha value is -0.0800. The van der Waals surface area contributed by atoms with Crippen LogP contribution in [0.4, 0.5) is 0 Å². The minimum atomic E-state index is 0.875. The average Bonchev–Trinajstić information content (AvgIpc) is 2.58. The molecule has 2 rings (SSSR count). The van der Waals surface area contributed by atoms with Gasteiger partial charge in [0.15, 0.2) is 0 Å². The summed E-state index contributed by atoms with van der Waals surface area (Å²) in [5.41, 5.74) is 0. The van der Waals surface area contributed by atoms with Crippen LogP contribution in [-0.2, 0) is 0 Å². The zero-order valence-corrected chi connectivity index (χ0v) is 8.29. The maximum absolute atomic E-state index is 2.69. The summed E-state index contributed by atoms with van der Waals surface area (Å²) in [4.78, 5) is 5.14. The molecule has 0 aromatic rings. The van der Waals surface area contributed by atoms with Gasteiger partial charge in [-0.3, -0.25) is 4.90 Å². The second-order valence-electron chi connectivity index (χ2n) is 4.59. The summed E-state index contributed by atoms with van der Waals surface area (Å²) in [7, 11) is 2.24. The molecular weight excluding hydrogens is 148 g/mol. The van der Waals surface area contributed by atoms with Crippen molar-refractivity contribution in [1.29, 1.82) is 0 Å². The highest BCUT2D eigenvalue weighted by atomic mass is 15.2. The first-order valence-corrected chi connectivity index (χ1v) is 5.18. The molecule has 0 saturated carbocycles. The number of hydrogen-bond donors (Lipinski definition) is 0. The lowest BCUT2D eigenvalue weighted by molar-refractivity contribution is 0.236. The van der Waals surface area contributed by atoms with E-state index in [0.717, 1.165) is 12.0 Å². The molecule has 2 heteroatoms. The van der Waals surface area contributed by atoms with E-state index >= 15 is 0 Å². The van der Waals surface area contributed by atoms with Crippen molar-refractivity contribution in [2.24, 2.45) is 5.92 Å². The molecule has 0 unspecified atom stereocenters. The van der Waals surface area contributed by atoms with Gasteiger partial charge in [0.1, 0.15) is 0 Å². The zero-order valence-electron chi connectivity index (χ0n) is 8.29. The molecule has 2 heterocycles. The molecule has 0 spiro atoms. The molecule has 2 saturated heterocycles. The van der Waals surface area contributed by atoms with Gasteiger partial charge in [-0.2, -0.15) is 0 Å². The van der Waals surface area contributed by atoms with Crippen LogP contribution >= 0.6 is 0 Å². The summed E-state index contributed by atoms with van der Waals surface area (Å²) in [5.74, 6) is 0.941. The topological polar surface area (TPSA) is 6.48 Å². The predicted molar refractivity (Wildman–Crippen MR) is 51.3 cm³/mol. The van der Waals surface area contributed by atoms with E-state index in [1.54, 1.807) is 0 Å². The largest absolute Gasteiger partial charge is 0.305 e. The Bertz CT molecular complexity index is 140. The van der Waals surface area contributed by atoms with Gasteiger partial charge in [-0.25, -0.2) is 0 Å². The van der Waals surface area contributed by atoms with Gasteiger partial charge < -0.3 is 4.90 Å². The van der Waals surface area contributed by atoms with E-state index in [0.29, 0.717) is 0 Å². The Morgan fingerprint density at radius 2 is 1.92 bits per heavy atom. The smallest absolute Gasteiger partial charge is 0.0235 e. The van der Waals surface area contributed by atoms with Crippen molar-refractivity contribution in [3.63, 3.8) is 0 Å². The summed E-state index contributed by atoms with van der Waals surface area (Å²) in [5, 5.41) is 0. The summed E-state index contributed by atoms with van der Waals surface area (Å²) < 4.78 is 0. The van der Waals surface area contributed by atoms with E-state index in [1.807, 2.05) is 0 Å². The lowest BCUT2D eigenvalue weighted by Crippen LogP contribution is -2.35. The summed E-state index contributed by atoms with van der Waals surface area (Å²) in [6.45, 7) is 7.67. The molecule has 0 aromatic heterocycles. The molecule has 70 valence electrons. The molecule has 12 heavy (non-hydrogen) atoms. The average molecular weight is 168 g/mol. The second-order valence-corrected chi connectivity index (χ2v) is 4.59. The lowest BCUT2D eigenvalue weighted by atomic mass is 10.2. The van der Waals surface area contributed by atoms with E-state index in [4.69, 9.17) is 0 Å². The van der Waals surface area contributed by atoms with Crippen molar-refractivity contribution in [2.45, 2.75) is 25.8 Å². The molecule has 0 N–H and O–H groups in total. The Morgan fingerprint density at radius 1 is 1.08 bits per heavy atom. The molecular formula is C10H20N2. The molecule has 0 bridgehead atoms. The first-order valence-electron chi connectivity index (χ1n) is 5.18. The highest BCUT2D eigenvalue weighted by Crippen LogP contribution is 2.22. The van der Waals surface area contributed by atoms with Crippen LogP contribution in [0.3, 0.4) is 0 Å². The standard InChI is InChI=1S/C10H20N2/c1-9-3-6-12(7-9)10-4-5-11(2)8-10/h9-10H,3-8H2,1-2H3/t9-,10-/m0/s1. The third-order valence-electron chi connectivity index (χ3n) is 3.34. The van der Waals surface area contributed by atoms with Crippen molar-refractivity contribution in [1.82, 2.24) is 9.80 Å². The van der Waals surface area contributed by atoms with Crippen LogP contribution in [-0.4, -0.2) is 49.1 Å². The molecule has 0 aromatic carbocycles. The van der Waals surface area contributed by atoms with Crippen LogP contribution in [0.25, 0.3) is 0 Å². The van der Waals surface area contributed by atoms with Crippen molar-refractivity contribution in [3.8, 4) is 0 Å². The van der Waals surface area contributed by atoms with Gasteiger partial charge in [-0.1, -0.05) is 6.92 Å². The lowest BCUT2D eigenvalue weighted by Gasteiger charge is -2.23. The normalized spacial score (nSPS) is 39.5. The van der Waals surface area contributed by atoms with Gasteiger partial charge in [0.05, 0.1) is 0 Å². The second kappa shape index (κ2) is 3.35. The minimum Gasteiger partial charge on any atom is -0.305 e. The Morgan fingerprint density at radius 3 is 2.42 bits per heavy atom.